The lowest BCUT2D eigenvalue weighted by molar-refractivity contribution is -0.152. The van der Waals surface area contributed by atoms with Crippen molar-refractivity contribution >= 4 is 23.6 Å². The first-order valence-electron chi connectivity index (χ1n) is 21.7. The van der Waals surface area contributed by atoms with Gasteiger partial charge in [-0.2, -0.15) is 0 Å². The highest BCUT2D eigenvalue weighted by atomic mass is 16.5. The summed E-state index contributed by atoms with van der Waals surface area (Å²) >= 11 is 0. The van der Waals surface area contributed by atoms with Crippen LogP contribution in [-0.4, -0.2) is 132 Å². The second-order valence-electron chi connectivity index (χ2n) is 15.5. The van der Waals surface area contributed by atoms with Crippen LogP contribution in [0.3, 0.4) is 0 Å². The maximum Gasteiger partial charge on any atom is 0.334 e. The molecular weight excluding hydrogens is 781 g/mol. The Bertz CT molecular complexity index is 1300. The monoisotopic (exact) mass is 865 g/mol. The number of allylic oxidation sites excluding steroid dienone is 4. The lowest BCUT2D eigenvalue weighted by atomic mass is 10.1. The lowest BCUT2D eigenvalue weighted by Gasteiger charge is -2.28. The number of hydrogen-bond acceptors (Lipinski definition) is 11. The summed E-state index contributed by atoms with van der Waals surface area (Å²) in [5, 5.41) is 26.5. The van der Waals surface area contributed by atoms with Gasteiger partial charge in [-0.25, -0.2) is 4.79 Å². The van der Waals surface area contributed by atoms with Gasteiger partial charge in [0.25, 0.3) is 5.91 Å². The van der Waals surface area contributed by atoms with E-state index in [4.69, 9.17) is 29.5 Å². The molecule has 3 rings (SSSR count). The number of morpholine rings is 2. The molecule has 2 amide bonds. The second kappa shape index (κ2) is 39.1. The minimum absolute atomic E-state index is 0.119. The van der Waals surface area contributed by atoms with E-state index in [1.807, 2.05) is 91.5 Å². The molecule has 2 aliphatic heterocycles. The number of rotatable bonds is 13. The summed E-state index contributed by atoms with van der Waals surface area (Å²) < 4.78 is 20.4. The number of hydrogen-bond donors (Lipinski definition) is 3. The fourth-order valence-corrected chi connectivity index (χ4v) is 4.66. The van der Waals surface area contributed by atoms with Crippen molar-refractivity contribution in [3.63, 3.8) is 0 Å². The van der Waals surface area contributed by atoms with Crippen LogP contribution in [0.4, 0.5) is 0 Å². The number of benzene rings is 1. The highest BCUT2D eigenvalue weighted by Crippen LogP contribution is 2.12. The zero-order valence-corrected chi connectivity index (χ0v) is 40.0. The number of aliphatic hydroxyl groups excluding tert-OH is 3. The van der Waals surface area contributed by atoms with Crippen molar-refractivity contribution in [3.05, 3.63) is 72.4 Å². The van der Waals surface area contributed by atoms with Crippen LogP contribution in [0.2, 0.25) is 0 Å². The van der Waals surface area contributed by atoms with E-state index in [1.165, 1.54) is 19.4 Å². The molecule has 13 nitrogen and oxygen atoms in total. The molecule has 3 N–H and O–H groups in total. The zero-order chi connectivity index (χ0) is 47.3. The molecule has 0 spiro atoms. The SMILES string of the molecule is CC(C)C(=O)N1CCOCC1.CC=CC(=O)C(C)C.CC=C[C@@H](O)C(C)C.CC=C[C@@H](OCc1ccccc1)C(C)C.CCOC(=O)[C@H](C)O.C[C@H](O)C(=O)N1CCOCC1. The summed E-state index contributed by atoms with van der Waals surface area (Å²) in [4.78, 5) is 46.9. The molecule has 352 valence electrons. The number of ketones is 1. The number of nitrogens with zero attached hydrogens (tertiary/aromatic N) is 2. The smallest absolute Gasteiger partial charge is 0.334 e. The summed E-state index contributed by atoms with van der Waals surface area (Å²) in [6, 6.07) is 10.3. The topological polar surface area (TPSA) is 172 Å². The fourth-order valence-electron chi connectivity index (χ4n) is 4.66. The van der Waals surface area contributed by atoms with Crippen molar-refractivity contribution in [2.24, 2.45) is 23.7 Å². The van der Waals surface area contributed by atoms with Gasteiger partial charge in [0.1, 0.15) is 12.2 Å². The summed E-state index contributed by atoms with van der Waals surface area (Å²) in [6.07, 6.45) is 9.28. The summed E-state index contributed by atoms with van der Waals surface area (Å²) in [6.45, 7) is 32.6. The normalized spacial score (nSPS) is 15.8. The highest BCUT2D eigenvalue weighted by molar-refractivity contribution is 5.91. The zero-order valence-electron chi connectivity index (χ0n) is 40.0. The molecule has 0 unspecified atom stereocenters. The molecule has 0 aromatic heterocycles. The summed E-state index contributed by atoms with van der Waals surface area (Å²) in [5.74, 6) is 0.803. The predicted molar refractivity (Wildman–Crippen MR) is 245 cm³/mol. The Balaban J connectivity index is -0.000000674. The van der Waals surface area contributed by atoms with Crippen LogP contribution < -0.4 is 0 Å². The Kier molecular flexibility index (Phi) is 39.5. The van der Waals surface area contributed by atoms with E-state index in [2.05, 4.69) is 42.9 Å². The minimum Gasteiger partial charge on any atom is -0.464 e. The quantitative estimate of drug-likeness (QED) is 0.108. The van der Waals surface area contributed by atoms with Crippen molar-refractivity contribution in [3.8, 4) is 0 Å². The molecular formula is C48H84N2O11. The molecule has 4 atom stereocenters. The Hall–Kier alpha value is -3.72. The average molecular weight is 865 g/mol. The molecule has 1 aromatic rings. The van der Waals surface area contributed by atoms with Gasteiger partial charge in [0.2, 0.25) is 5.91 Å². The molecule has 2 aliphatic rings. The molecule has 1 aromatic carbocycles. The van der Waals surface area contributed by atoms with E-state index >= 15 is 0 Å². The van der Waals surface area contributed by atoms with Crippen LogP contribution in [0.15, 0.2) is 66.8 Å². The number of esters is 1. The van der Waals surface area contributed by atoms with Crippen LogP contribution in [0, 0.1) is 23.7 Å². The van der Waals surface area contributed by atoms with E-state index in [9.17, 15) is 19.2 Å². The van der Waals surface area contributed by atoms with Gasteiger partial charge in [0.05, 0.1) is 51.8 Å². The number of amides is 2. The third-order valence-corrected chi connectivity index (χ3v) is 8.42. The second-order valence-corrected chi connectivity index (χ2v) is 15.5. The standard InChI is InChI=1S/C14H20O.C8H15NO2.C7H13NO3.C7H14O.C7H12O.C5H10O3/c1-4-8-14(12(2)3)15-11-13-9-6-5-7-10-13;1-7(2)8(10)9-3-5-11-6-4-9;1-6(9)7(10)8-2-4-11-5-3-8;2*1-4-5-7(8)6(2)3;1-3-8-5(7)4(2)6/h4-10,12,14H,11H2,1-3H3;7H,3-6H2,1-2H3;6,9H,2-5H2,1H3;4-8H,1-3H3;4-6H,1-3H3;4,6H,3H2,1-2H3/t14-;;6-;7-;;4-/m1.01.0/s1. The van der Waals surface area contributed by atoms with Crippen molar-refractivity contribution in [1.82, 2.24) is 9.80 Å². The molecule has 0 bridgehead atoms. The molecule has 2 saturated heterocycles. The molecule has 0 saturated carbocycles. The summed E-state index contributed by atoms with van der Waals surface area (Å²) in [7, 11) is 0. The molecule has 13 heteroatoms. The van der Waals surface area contributed by atoms with E-state index in [0.717, 1.165) is 13.1 Å². The van der Waals surface area contributed by atoms with Gasteiger partial charge < -0.3 is 44.1 Å². The average Bonchev–Trinajstić information content (AvgIpc) is 3.24. The molecule has 0 aliphatic carbocycles. The first kappa shape index (κ1) is 61.6. The lowest BCUT2D eigenvalue weighted by Crippen LogP contribution is -2.44. The van der Waals surface area contributed by atoms with Crippen LogP contribution in [0.5, 0.6) is 0 Å². The van der Waals surface area contributed by atoms with E-state index < -0.39 is 18.2 Å². The third-order valence-electron chi connectivity index (χ3n) is 8.42. The number of carbonyl (C=O) groups is 4. The van der Waals surface area contributed by atoms with Gasteiger partial charge >= 0.3 is 5.97 Å². The molecule has 0 radical (unpaired) electrons. The van der Waals surface area contributed by atoms with Crippen LogP contribution in [0.25, 0.3) is 0 Å². The first-order chi connectivity index (χ1) is 28.7. The van der Waals surface area contributed by atoms with Crippen LogP contribution in [0.1, 0.15) is 102 Å². The van der Waals surface area contributed by atoms with E-state index in [1.54, 1.807) is 30.1 Å². The third kappa shape index (κ3) is 34.5. The number of ether oxygens (including phenoxy) is 4. The molecule has 2 fully saturated rings. The van der Waals surface area contributed by atoms with Crippen LogP contribution in [-0.2, 0) is 44.7 Å². The van der Waals surface area contributed by atoms with E-state index in [-0.39, 0.29) is 41.6 Å². The van der Waals surface area contributed by atoms with E-state index in [0.29, 0.717) is 64.6 Å². The van der Waals surface area contributed by atoms with Gasteiger partial charge in [0, 0.05) is 38.0 Å². The highest BCUT2D eigenvalue weighted by Gasteiger charge is 2.20. The number of aliphatic hydroxyl groups is 3. The van der Waals surface area contributed by atoms with Crippen molar-refractivity contribution in [2.45, 2.75) is 128 Å². The van der Waals surface area contributed by atoms with Gasteiger partial charge in [-0.05, 0) is 65.0 Å². The van der Waals surface area contributed by atoms with Crippen molar-refractivity contribution in [1.29, 1.82) is 0 Å². The van der Waals surface area contributed by atoms with Gasteiger partial charge in [0.15, 0.2) is 5.78 Å². The largest absolute Gasteiger partial charge is 0.464 e. The maximum absolute atomic E-state index is 11.4. The first-order valence-corrected chi connectivity index (χ1v) is 21.7. The van der Waals surface area contributed by atoms with Gasteiger partial charge in [-0.3, -0.25) is 14.4 Å². The Morgan fingerprint density at radius 3 is 1.43 bits per heavy atom. The fraction of sp³-hybridized carbons (Fsp3) is 0.667. The minimum atomic E-state index is -0.991. The maximum atomic E-state index is 11.4. The Morgan fingerprint density at radius 2 is 1.13 bits per heavy atom. The predicted octanol–water partition coefficient (Wildman–Crippen LogP) is 6.83. The Labute approximate surface area is 369 Å². The van der Waals surface area contributed by atoms with Crippen LogP contribution >= 0.6 is 0 Å². The van der Waals surface area contributed by atoms with Crippen molar-refractivity contribution < 1.29 is 53.4 Å². The number of carbonyl (C=O) groups excluding carboxylic acids is 4. The van der Waals surface area contributed by atoms with Gasteiger partial charge in [-0.1, -0.05) is 116 Å². The molecule has 2 heterocycles. The summed E-state index contributed by atoms with van der Waals surface area (Å²) in [5.41, 5.74) is 1.23. The Morgan fingerprint density at radius 1 is 0.656 bits per heavy atom. The van der Waals surface area contributed by atoms with Crippen molar-refractivity contribution in [2.75, 3.05) is 59.2 Å². The van der Waals surface area contributed by atoms with Gasteiger partial charge in [-0.15, -0.1) is 0 Å². The molecule has 61 heavy (non-hydrogen) atoms.